The molecule has 0 aliphatic rings. The molecule has 0 saturated carbocycles. The van der Waals surface area contributed by atoms with E-state index < -0.39 is 12.1 Å². The van der Waals surface area contributed by atoms with E-state index in [4.69, 9.17) is 14.4 Å². The van der Waals surface area contributed by atoms with Crippen LogP contribution in [0.2, 0.25) is 0 Å². The van der Waals surface area contributed by atoms with E-state index >= 15 is 0 Å². The van der Waals surface area contributed by atoms with E-state index in [1.807, 2.05) is 0 Å². The number of aromatic hydroxyl groups is 1. The van der Waals surface area contributed by atoms with E-state index in [-0.39, 0.29) is 26.8 Å². The first-order valence-electron chi connectivity index (χ1n) is 18.4. The van der Waals surface area contributed by atoms with Gasteiger partial charge in [0.1, 0.15) is 17.6 Å². The van der Waals surface area contributed by atoms with E-state index in [2.05, 4.69) is 46.0 Å². The molecular weight excluding hydrogens is 683 g/mol. The minimum atomic E-state index is -0.898. The van der Waals surface area contributed by atoms with Crippen molar-refractivity contribution in [1.82, 2.24) is 0 Å². The molecule has 0 aliphatic carbocycles. The van der Waals surface area contributed by atoms with Crippen LogP contribution in [0.3, 0.4) is 0 Å². The number of carboxylic acid groups (broad SMARTS) is 1. The summed E-state index contributed by atoms with van der Waals surface area (Å²) in [6.07, 6.45) is 13.6. The summed E-state index contributed by atoms with van der Waals surface area (Å²) in [4.78, 5) is 25.1. The molecule has 11 heteroatoms. The highest BCUT2D eigenvalue weighted by Gasteiger charge is 2.23. The molecule has 2 rings (SSSR count). The number of carbonyl (C=O) groups is 2. The van der Waals surface area contributed by atoms with E-state index in [9.17, 15) is 24.5 Å². The Morgan fingerprint density at radius 1 is 1.00 bits per heavy atom. The Morgan fingerprint density at radius 3 is 2.22 bits per heavy atom. The second-order valence-electron chi connectivity index (χ2n) is 14.4. The van der Waals surface area contributed by atoms with Gasteiger partial charge in [-0.15, -0.1) is 11.8 Å². The third-order valence-electron chi connectivity index (χ3n) is 8.23. The number of nitriles is 1. The van der Waals surface area contributed by atoms with E-state index in [1.165, 1.54) is 69.2 Å². The quantitative estimate of drug-likeness (QED) is 0.0543. The zero-order valence-corrected chi connectivity index (χ0v) is 33.4. The van der Waals surface area contributed by atoms with Crippen molar-refractivity contribution in [1.29, 1.82) is 5.26 Å². The number of phenolic OH excluding ortho intramolecular Hbond substituents is 1. The van der Waals surface area contributed by atoms with Gasteiger partial charge in [-0.3, -0.25) is 14.1 Å². The lowest BCUT2D eigenvalue weighted by atomic mass is 9.84. The number of unbranched alkanes of at least 4 members (excludes halogenated alkanes) is 9. The Kier molecular flexibility index (Phi) is 24.0. The standard InChI is InChI=1S/C31H42N2O5S.C9H19O2P/c1-3-4-5-6-7-8-9-10-11-12-17-28(38-27-16-14-13-15-24(27)22-32)31(37)33-25-21-26(34)23(2)20-29(25)39-19-18-30(35)36;1-8(5-6-11-12-10)7-9(2,3)4/h13-16,20-21,28,34H,3-12,17-19H2,1-2H3,(H,33,37)(H,35,36);8H,5-7H2,1-4H3. The van der Waals surface area contributed by atoms with Crippen LogP contribution in [0.25, 0.3) is 0 Å². The van der Waals surface area contributed by atoms with Gasteiger partial charge in [0.25, 0.3) is 5.91 Å². The lowest BCUT2D eigenvalue weighted by Crippen LogP contribution is -2.33. The fourth-order valence-corrected chi connectivity index (χ4v) is 6.87. The number of carboxylic acids is 1. The second kappa shape index (κ2) is 26.6. The summed E-state index contributed by atoms with van der Waals surface area (Å²) in [6, 6.07) is 12.2. The van der Waals surface area contributed by atoms with Crippen LogP contribution in [0.1, 0.15) is 136 Å². The number of para-hydroxylation sites is 1. The molecule has 2 aromatic carbocycles. The first kappa shape index (κ1) is 45.9. The molecule has 2 atom stereocenters. The maximum absolute atomic E-state index is 13.4. The van der Waals surface area contributed by atoms with Gasteiger partial charge in [0.2, 0.25) is 0 Å². The van der Waals surface area contributed by atoms with Gasteiger partial charge in [-0.2, -0.15) is 5.26 Å². The highest BCUT2D eigenvalue weighted by Crippen LogP contribution is 2.34. The normalized spacial score (nSPS) is 12.3. The third-order valence-corrected chi connectivity index (χ3v) is 9.58. The van der Waals surface area contributed by atoms with Crippen LogP contribution < -0.4 is 10.1 Å². The number of nitrogens with zero attached hydrogens (tertiary/aromatic N) is 1. The molecule has 2 unspecified atom stereocenters. The van der Waals surface area contributed by atoms with Crippen LogP contribution in [-0.4, -0.2) is 40.6 Å². The van der Waals surface area contributed by atoms with Gasteiger partial charge in [0.15, 0.2) is 6.10 Å². The van der Waals surface area contributed by atoms with Crippen molar-refractivity contribution in [3.8, 4) is 17.6 Å². The number of phenols is 1. The number of rotatable bonds is 24. The monoisotopic (exact) mass is 744 g/mol. The Hall–Kier alpha value is -3.12. The molecule has 0 aliphatic heterocycles. The molecule has 0 spiro atoms. The minimum Gasteiger partial charge on any atom is -0.508 e. The molecule has 0 saturated heterocycles. The lowest BCUT2D eigenvalue weighted by molar-refractivity contribution is -0.136. The number of thioether (sulfide) groups is 1. The average Bonchev–Trinajstić information content (AvgIpc) is 3.06. The summed E-state index contributed by atoms with van der Waals surface area (Å²) in [6.45, 7) is 13.5. The van der Waals surface area contributed by atoms with Gasteiger partial charge in [-0.1, -0.05) is 105 Å². The number of amides is 1. The van der Waals surface area contributed by atoms with Gasteiger partial charge in [-0.25, -0.2) is 4.57 Å². The van der Waals surface area contributed by atoms with Crippen molar-refractivity contribution in [2.45, 2.75) is 142 Å². The zero-order chi connectivity index (χ0) is 38.1. The topological polar surface area (TPSA) is 146 Å². The number of aliphatic carboxylic acids is 1. The number of ether oxygens (including phenoxy) is 1. The first-order valence-corrected chi connectivity index (χ1v) is 20.1. The molecule has 0 radical (unpaired) electrons. The molecule has 3 N–H and O–H groups in total. The first-order chi connectivity index (χ1) is 24.3. The lowest BCUT2D eigenvalue weighted by Gasteiger charge is -2.22. The smallest absolute Gasteiger partial charge is 0.327 e. The number of carbonyl (C=O) groups excluding carboxylic acids is 1. The molecule has 51 heavy (non-hydrogen) atoms. The van der Waals surface area contributed by atoms with E-state index in [0.29, 0.717) is 57.6 Å². The summed E-state index contributed by atoms with van der Waals surface area (Å²) in [5.41, 5.74) is 1.78. The van der Waals surface area contributed by atoms with Gasteiger partial charge in [0.05, 0.1) is 24.3 Å². The van der Waals surface area contributed by atoms with Gasteiger partial charge >= 0.3 is 14.7 Å². The molecule has 9 nitrogen and oxygen atoms in total. The fourth-order valence-electron chi connectivity index (χ4n) is 5.66. The van der Waals surface area contributed by atoms with Crippen molar-refractivity contribution < 1.29 is 33.6 Å². The predicted octanol–water partition coefficient (Wildman–Crippen LogP) is 11.5. The number of hydrogen-bond donors (Lipinski definition) is 3. The van der Waals surface area contributed by atoms with Gasteiger partial charge in [-0.05, 0) is 67.7 Å². The number of nitrogens with one attached hydrogen (secondary N) is 1. The third kappa shape index (κ3) is 21.8. The number of aryl methyl sites for hydroxylation is 1. The van der Waals surface area contributed by atoms with Crippen LogP contribution in [0.15, 0.2) is 41.3 Å². The maximum atomic E-state index is 13.4. The minimum absolute atomic E-state index is 0.0204. The zero-order valence-electron chi connectivity index (χ0n) is 31.7. The molecule has 1 amide bonds. The van der Waals surface area contributed by atoms with Crippen LogP contribution in [0.5, 0.6) is 11.5 Å². The average molecular weight is 745 g/mol. The fraction of sp³-hybridized carbons (Fsp3) is 0.625. The Bertz CT molecular complexity index is 1360. The van der Waals surface area contributed by atoms with Crippen LogP contribution in [-0.2, 0) is 18.7 Å². The van der Waals surface area contributed by atoms with Gasteiger partial charge < -0.3 is 20.3 Å². The number of anilines is 1. The van der Waals surface area contributed by atoms with E-state index in [0.717, 1.165) is 25.7 Å². The number of benzene rings is 2. The summed E-state index contributed by atoms with van der Waals surface area (Å²) in [5.74, 6) is 0.0969. The summed E-state index contributed by atoms with van der Waals surface area (Å²) >= 11 is 1.31. The largest absolute Gasteiger partial charge is 0.508 e. The van der Waals surface area contributed by atoms with Crippen molar-refractivity contribution in [3.05, 3.63) is 47.5 Å². The van der Waals surface area contributed by atoms with E-state index in [1.54, 1.807) is 37.3 Å². The number of hydrogen-bond acceptors (Lipinski definition) is 8. The van der Waals surface area contributed by atoms with Crippen molar-refractivity contribution in [2.24, 2.45) is 11.3 Å². The van der Waals surface area contributed by atoms with Crippen molar-refractivity contribution >= 4 is 38.0 Å². The highest BCUT2D eigenvalue weighted by molar-refractivity contribution is 7.99. The molecule has 0 fully saturated rings. The summed E-state index contributed by atoms with van der Waals surface area (Å²) in [5, 5.41) is 31.6. The second-order valence-corrected chi connectivity index (χ2v) is 15.9. The van der Waals surface area contributed by atoms with Crippen LogP contribution in [0.4, 0.5) is 5.69 Å². The Labute approximate surface area is 312 Å². The predicted molar refractivity (Wildman–Crippen MR) is 208 cm³/mol. The van der Waals surface area contributed by atoms with Crippen LogP contribution >= 0.6 is 20.4 Å². The summed E-state index contributed by atoms with van der Waals surface area (Å²) < 4.78 is 20.8. The molecule has 2 aromatic rings. The molecule has 0 bridgehead atoms. The Balaban J connectivity index is 0.000000922. The van der Waals surface area contributed by atoms with Crippen LogP contribution in [0, 0.1) is 29.6 Å². The van der Waals surface area contributed by atoms with Crippen molar-refractivity contribution in [3.63, 3.8) is 0 Å². The summed E-state index contributed by atoms with van der Waals surface area (Å²) in [7, 11) is -0.197. The molecular formula is C40H61N2O7PS. The maximum Gasteiger partial charge on any atom is 0.327 e. The molecule has 0 heterocycles. The van der Waals surface area contributed by atoms with Gasteiger partial charge in [0, 0.05) is 16.7 Å². The molecule has 284 valence electrons. The van der Waals surface area contributed by atoms with Crippen molar-refractivity contribution in [2.75, 3.05) is 17.7 Å². The molecule has 0 aromatic heterocycles. The Morgan fingerprint density at radius 2 is 1.63 bits per heavy atom. The highest BCUT2D eigenvalue weighted by atomic mass is 32.2. The SMILES string of the molecule is CC(CCOP=O)CC(C)(C)C.CCCCCCCCCCCCC(Oc1ccccc1C#N)C(=O)Nc1cc(O)c(C)cc1SCCC(=O)O.